The van der Waals surface area contributed by atoms with Gasteiger partial charge in [0.1, 0.15) is 5.82 Å². The SMILES string of the molecule is CN(C)CCC(NC(=O)CCC1CCCC1)c1ccc(F)cc1. The first-order valence-electron chi connectivity index (χ1n) is 8.74. The Labute approximate surface area is 139 Å². The van der Waals surface area contributed by atoms with Crippen molar-refractivity contribution < 1.29 is 9.18 Å². The summed E-state index contributed by atoms with van der Waals surface area (Å²) in [4.78, 5) is 14.4. The van der Waals surface area contributed by atoms with Crippen molar-refractivity contribution in [2.45, 2.75) is 51.0 Å². The molecule has 128 valence electrons. The minimum absolute atomic E-state index is 0.0471. The number of rotatable bonds is 8. The molecule has 1 fully saturated rings. The molecule has 1 saturated carbocycles. The van der Waals surface area contributed by atoms with Crippen LogP contribution in [-0.4, -0.2) is 31.4 Å². The third-order valence-electron chi connectivity index (χ3n) is 4.73. The maximum absolute atomic E-state index is 13.1. The van der Waals surface area contributed by atoms with Crippen LogP contribution < -0.4 is 5.32 Å². The summed E-state index contributed by atoms with van der Waals surface area (Å²) in [5.74, 6) is 0.601. The molecule has 0 aliphatic heterocycles. The summed E-state index contributed by atoms with van der Waals surface area (Å²) in [6.45, 7) is 0.880. The van der Waals surface area contributed by atoms with E-state index >= 15 is 0 Å². The molecule has 0 radical (unpaired) electrons. The average Bonchev–Trinajstić information content (AvgIpc) is 3.03. The minimum Gasteiger partial charge on any atom is -0.349 e. The highest BCUT2D eigenvalue weighted by Gasteiger charge is 2.18. The van der Waals surface area contributed by atoms with Crippen molar-refractivity contribution in [1.29, 1.82) is 0 Å². The van der Waals surface area contributed by atoms with Gasteiger partial charge < -0.3 is 10.2 Å². The fourth-order valence-electron chi connectivity index (χ4n) is 3.31. The summed E-state index contributed by atoms with van der Waals surface area (Å²) in [7, 11) is 4.03. The van der Waals surface area contributed by atoms with Crippen molar-refractivity contribution in [2.75, 3.05) is 20.6 Å². The van der Waals surface area contributed by atoms with Gasteiger partial charge in [0.2, 0.25) is 5.91 Å². The topological polar surface area (TPSA) is 32.3 Å². The van der Waals surface area contributed by atoms with E-state index in [2.05, 4.69) is 10.2 Å². The molecule has 23 heavy (non-hydrogen) atoms. The Hall–Kier alpha value is -1.42. The monoisotopic (exact) mass is 320 g/mol. The second-order valence-electron chi connectivity index (χ2n) is 6.95. The van der Waals surface area contributed by atoms with Crippen molar-refractivity contribution >= 4 is 5.91 Å². The van der Waals surface area contributed by atoms with Crippen LogP contribution >= 0.6 is 0 Å². The first-order valence-corrected chi connectivity index (χ1v) is 8.74. The number of carbonyl (C=O) groups excluding carboxylic acids is 1. The highest BCUT2D eigenvalue weighted by Crippen LogP contribution is 2.28. The molecule has 2 rings (SSSR count). The number of amides is 1. The van der Waals surface area contributed by atoms with Gasteiger partial charge >= 0.3 is 0 Å². The van der Waals surface area contributed by atoms with Crippen molar-refractivity contribution in [1.82, 2.24) is 10.2 Å². The van der Waals surface area contributed by atoms with Gasteiger partial charge in [-0.15, -0.1) is 0 Å². The van der Waals surface area contributed by atoms with Gasteiger partial charge in [-0.2, -0.15) is 0 Å². The first kappa shape index (κ1) is 17.9. The zero-order valence-corrected chi connectivity index (χ0v) is 14.4. The lowest BCUT2D eigenvalue weighted by Crippen LogP contribution is -2.31. The van der Waals surface area contributed by atoms with Crippen molar-refractivity contribution in [3.63, 3.8) is 0 Å². The van der Waals surface area contributed by atoms with Gasteiger partial charge in [-0.25, -0.2) is 4.39 Å². The molecule has 0 spiro atoms. The molecule has 1 aromatic rings. The smallest absolute Gasteiger partial charge is 0.220 e. The Balaban J connectivity index is 1.90. The fourth-order valence-corrected chi connectivity index (χ4v) is 3.31. The standard InChI is InChI=1S/C19H29FN2O/c1-22(2)14-13-18(16-8-10-17(20)11-9-16)21-19(23)12-7-15-5-3-4-6-15/h8-11,15,18H,3-7,12-14H2,1-2H3,(H,21,23). The second-order valence-corrected chi connectivity index (χ2v) is 6.95. The number of hydrogen-bond donors (Lipinski definition) is 1. The largest absolute Gasteiger partial charge is 0.349 e. The zero-order valence-electron chi connectivity index (χ0n) is 14.4. The lowest BCUT2D eigenvalue weighted by atomic mass is 10.00. The van der Waals surface area contributed by atoms with E-state index in [4.69, 9.17) is 0 Å². The molecule has 1 N–H and O–H groups in total. The predicted molar refractivity (Wildman–Crippen MR) is 91.6 cm³/mol. The Bertz CT molecular complexity index is 481. The molecule has 1 aromatic carbocycles. The van der Waals surface area contributed by atoms with E-state index in [0.717, 1.165) is 30.9 Å². The lowest BCUT2D eigenvalue weighted by Gasteiger charge is -2.22. The summed E-state index contributed by atoms with van der Waals surface area (Å²) in [5.41, 5.74) is 0.975. The van der Waals surface area contributed by atoms with E-state index in [-0.39, 0.29) is 17.8 Å². The van der Waals surface area contributed by atoms with Crippen LogP contribution in [0.15, 0.2) is 24.3 Å². The van der Waals surface area contributed by atoms with Gasteiger partial charge in [-0.05, 0) is 57.1 Å². The van der Waals surface area contributed by atoms with Crippen LogP contribution in [0.2, 0.25) is 0 Å². The molecule has 3 nitrogen and oxygen atoms in total. The van der Waals surface area contributed by atoms with Crippen LogP contribution in [-0.2, 0) is 4.79 Å². The highest BCUT2D eigenvalue weighted by atomic mass is 19.1. The Morgan fingerprint density at radius 2 is 1.91 bits per heavy atom. The summed E-state index contributed by atoms with van der Waals surface area (Å²) in [6.07, 6.45) is 7.60. The quantitative estimate of drug-likeness (QED) is 0.788. The second kappa shape index (κ2) is 9.02. The van der Waals surface area contributed by atoms with Crippen LogP contribution in [0.3, 0.4) is 0 Å². The van der Waals surface area contributed by atoms with E-state index in [1.165, 1.54) is 37.8 Å². The highest BCUT2D eigenvalue weighted by molar-refractivity contribution is 5.76. The Morgan fingerprint density at radius 1 is 1.26 bits per heavy atom. The van der Waals surface area contributed by atoms with Crippen LogP contribution in [0.4, 0.5) is 4.39 Å². The maximum atomic E-state index is 13.1. The molecule has 0 heterocycles. The molecule has 1 atom stereocenters. The van der Waals surface area contributed by atoms with E-state index in [0.29, 0.717) is 6.42 Å². The molecular formula is C19H29FN2O. The van der Waals surface area contributed by atoms with Gasteiger partial charge in [-0.3, -0.25) is 4.79 Å². The van der Waals surface area contributed by atoms with E-state index in [1.54, 1.807) is 12.1 Å². The number of hydrogen-bond acceptors (Lipinski definition) is 2. The van der Waals surface area contributed by atoms with Gasteiger partial charge in [0.05, 0.1) is 6.04 Å². The van der Waals surface area contributed by atoms with Crippen molar-refractivity contribution in [3.05, 3.63) is 35.6 Å². The van der Waals surface area contributed by atoms with Crippen LogP contribution in [0.25, 0.3) is 0 Å². The molecule has 1 aliphatic rings. The van der Waals surface area contributed by atoms with Crippen LogP contribution in [0, 0.1) is 11.7 Å². The number of carbonyl (C=O) groups is 1. The van der Waals surface area contributed by atoms with Gasteiger partial charge in [-0.1, -0.05) is 37.8 Å². The normalized spacial score (nSPS) is 16.7. The van der Waals surface area contributed by atoms with Gasteiger partial charge in [0.15, 0.2) is 0 Å². The number of nitrogens with one attached hydrogen (secondary N) is 1. The Kier molecular flexibility index (Phi) is 7.03. The van der Waals surface area contributed by atoms with Gasteiger partial charge in [0, 0.05) is 6.42 Å². The third kappa shape index (κ3) is 6.30. The average molecular weight is 320 g/mol. The number of benzene rings is 1. The minimum atomic E-state index is -0.243. The van der Waals surface area contributed by atoms with E-state index < -0.39 is 0 Å². The maximum Gasteiger partial charge on any atom is 0.220 e. The number of nitrogens with zero attached hydrogens (tertiary/aromatic N) is 1. The third-order valence-corrected chi connectivity index (χ3v) is 4.73. The molecule has 0 aromatic heterocycles. The van der Waals surface area contributed by atoms with Crippen molar-refractivity contribution in [2.24, 2.45) is 5.92 Å². The fraction of sp³-hybridized carbons (Fsp3) is 0.632. The molecule has 4 heteroatoms. The molecule has 0 bridgehead atoms. The lowest BCUT2D eigenvalue weighted by molar-refractivity contribution is -0.122. The van der Waals surface area contributed by atoms with Crippen LogP contribution in [0.5, 0.6) is 0 Å². The molecule has 1 amide bonds. The Morgan fingerprint density at radius 3 is 2.52 bits per heavy atom. The molecule has 1 unspecified atom stereocenters. The molecule has 0 saturated heterocycles. The first-order chi connectivity index (χ1) is 11.0. The zero-order chi connectivity index (χ0) is 16.7. The molecule has 1 aliphatic carbocycles. The predicted octanol–water partition coefficient (Wildman–Crippen LogP) is 3.91. The molecular weight excluding hydrogens is 291 g/mol. The number of halogens is 1. The summed E-state index contributed by atoms with van der Waals surface area (Å²) >= 11 is 0. The van der Waals surface area contributed by atoms with Crippen molar-refractivity contribution in [3.8, 4) is 0 Å². The summed E-state index contributed by atoms with van der Waals surface area (Å²) < 4.78 is 13.1. The van der Waals surface area contributed by atoms with E-state index in [1.807, 2.05) is 14.1 Å². The summed E-state index contributed by atoms with van der Waals surface area (Å²) in [6, 6.07) is 6.42. The van der Waals surface area contributed by atoms with Gasteiger partial charge in [0.25, 0.3) is 0 Å². The summed E-state index contributed by atoms with van der Waals surface area (Å²) in [5, 5.41) is 3.14. The van der Waals surface area contributed by atoms with Crippen LogP contribution in [0.1, 0.15) is 56.6 Å². The van der Waals surface area contributed by atoms with E-state index in [9.17, 15) is 9.18 Å².